The highest BCUT2D eigenvalue weighted by Crippen LogP contribution is 2.25. The molecule has 2 aromatic carbocycles. The van der Waals surface area contributed by atoms with Crippen LogP contribution in [0.25, 0.3) is 10.6 Å². The summed E-state index contributed by atoms with van der Waals surface area (Å²) in [5.41, 5.74) is 2.09. The van der Waals surface area contributed by atoms with Gasteiger partial charge in [0, 0.05) is 24.1 Å². The molecule has 1 saturated heterocycles. The molecule has 1 aromatic heterocycles. The summed E-state index contributed by atoms with van der Waals surface area (Å²) in [6.07, 6.45) is 2.04. The Morgan fingerprint density at radius 2 is 2.06 bits per heavy atom. The van der Waals surface area contributed by atoms with Crippen molar-refractivity contribution >= 4 is 28.8 Å². The predicted molar refractivity (Wildman–Crippen MR) is 118 cm³/mol. The second-order valence-electron chi connectivity index (χ2n) is 7.27. The van der Waals surface area contributed by atoms with Crippen LogP contribution in [-0.4, -0.2) is 36.1 Å². The molecule has 8 heteroatoms. The summed E-state index contributed by atoms with van der Waals surface area (Å²) in [4.78, 5) is 29.6. The number of amides is 2. The van der Waals surface area contributed by atoms with E-state index in [2.05, 4.69) is 15.6 Å². The zero-order valence-corrected chi connectivity index (χ0v) is 17.6. The minimum Gasteiger partial charge on any atom is -0.376 e. The summed E-state index contributed by atoms with van der Waals surface area (Å²) in [6, 6.07) is 13.1. The van der Waals surface area contributed by atoms with E-state index < -0.39 is 0 Å². The molecule has 2 amide bonds. The lowest BCUT2D eigenvalue weighted by molar-refractivity contribution is -0.115. The number of hydrogen-bond donors (Lipinski definition) is 2. The molecule has 0 aliphatic carbocycles. The van der Waals surface area contributed by atoms with E-state index in [1.165, 1.54) is 23.5 Å². The third-order valence-corrected chi connectivity index (χ3v) is 5.87. The molecule has 0 bridgehead atoms. The molecular formula is C23H22FN3O3S. The Morgan fingerprint density at radius 1 is 1.19 bits per heavy atom. The van der Waals surface area contributed by atoms with E-state index in [1.807, 2.05) is 0 Å². The number of nitrogens with zero attached hydrogens (tertiary/aromatic N) is 1. The summed E-state index contributed by atoms with van der Waals surface area (Å²) < 4.78 is 19.0. The van der Waals surface area contributed by atoms with Crippen LogP contribution in [0.1, 0.15) is 28.9 Å². The fourth-order valence-electron chi connectivity index (χ4n) is 3.40. The first-order valence-electron chi connectivity index (χ1n) is 10.1. The number of para-hydroxylation sites is 1. The number of thiazole rings is 1. The molecule has 3 aromatic rings. The summed E-state index contributed by atoms with van der Waals surface area (Å²) in [7, 11) is 0. The second-order valence-corrected chi connectivity index (χ2v) is 8.13. The van der Waals surface area contributed by atoms with E-state index >= 15 is 0 Å². The third-order valence-electron chi connectivity index (χ3n) is 4.93. The van der Waals surface area contributed by atoms with Crippen LogP contribution in [0.2, 0.25) is 0 Å². The topological polar surface area (TPSA) is 80.3 Å². The number of nitrogens with one attached hydrogen (secondary N) is 2. The minimum atomic E-state index is -0.332. The zero-order valence-electron chi connectivity index (χ0n) is 16.8. The minimum absolute atomic E-state index is 0.0441. The van der Waals surface area contributed by atoms with Crippen molar-refractivity contribution < 1.29 is 18.7 Å². The van der Waals surface area contributed by atoms with Gasteiger partial charge in [-0.05, 0) is 37.1 Å². The molecule has 0 saturated carbocycles. The first-order valence-corrected chi connectivity index (χ1v) is 11.0. The summed E-state index contributed by atoms with van der Waals surface area (Å²) in [6.45, 7) is 1.17. The normalized spacial score (nSPS) is 15.6. The maximum Gasteiger partial charge on any atom is 0.253 e. The molecule has 0 radical (unpaired) electrons. The Bertz CT molecular complexity index is 1080. The standard InChI is InChI=1S/C23H22FN3O3S/c24-16-6-3-5-15(11-16)23-26-17(14-31-23)12-21(28)27-20-9-2-1-8-19(20)22(29)25-13-18-7-4-10-30-18/h1-3,5-6,8-9,11,14,18H,4,7,10,12-13H2,(H,25,29)(H,27,28). The molecule has 2 heterocycles. The monoisotopic (exact) mass is 439 g/mol. The van der Waals surface area contributed by atoms with Crippen molar-refractivity contribution in [1.29, 1.82) is 0 Å². The van der Waals surface area contributed by atoms with Crippen LogP contribution < -0.4 is 10.6 Å². The highest BCUT2D eigenvalue weighted by Gasteiger charge is 2.19. The van der Waals surface area contributed by atoms with Crippen molar-refractivity contribution in [2.75, 3.05) is 18.5 Å². The fourth-order valence-corrected chi connectivity index (χ4v) is 4.22. The van der Waals surface area contributed by atoms with E-state index in [9.17, 15) is 14.0 Å². The molecule has 1 aliphatic heterocycles. The lowest BCUT2D eigenvalue weighted by Gasteiger charge is -2.13. The number of hydrogen-bond acceptors (Lipinski definition) is 5. The molecule has 6 nitrogen and oxygen atoms in total. The van der Waals surface area contributed by atoms with Crippen molar-refractivity contribution in [1.82, 2.24) is 10.3 Å². The Kier molecular flexibility index (Phi) is 6.69. The zero-order chi connectivity index (χ0) is 21.6. The number of rotatable bonds is 7. The maximum absolute atomic E-state index is 13.4. The van der Waals surface area contributed by atoms with Crippen molar-refractivity contribution in [2.45, 2.75) is 25.4 Å². The van der Waals surface area contributed by atoms with E-state index in [1.54, 1.807) is 41.8 Å². The molecule has 160 valence electrons. The Hall–Kier alpha value is -3.10. The number of carbonyl (C=O) groups excluding carboxylic acids is 2. The second kappa shape index (κ2) is 9.80. The SMILES string of the molecule is O=C(Cc1csc(-c2cccc(F)c2)n1)Nc1ccccc1C(=O)NCC1CCCO1. The van der Waals surface area contributed by atoms with Crippen molar-refractivity contribution in [3.05, 3.63) is 71.0 Å². The van der Waals surface area contributed by atoms with Crippen molar-refractivity contribution in [2.24, 2.45) is 0 Å². The summed E-state index contributed by atoms with van der Waals surface area (Å²) in [5, 5.41) is 8.10. The fraction of sp³-hybridized carbons (Fsp3) is 0.261. The number of aromatic nitrogens is 1. The Labute approximate surface area is 183 Å². The third kappa shape index (κ3) is 5.53. The van der Waals surface area contributed by atoms with Gasteiger partial charge in [-0.15, -0.1) is 11.3 Å². The average molecular weight is 440 g/mol. The molecule has 31 heavy (non-hydrogen) atoms. The van der Waals surface area contributed by atoms with Gasteiger partial charge >= 0.3 is 0 Å². The maximum atomic E-state index is 13.4. The van der Waals surface area contributed by atoms with Gasteiger partial charge in [0.05, 0.1) is 29.5 Å². The molecule has 2 N–H and O–H groups in total. The van der Waals surface area contributed by atoms with Crippen molar-refractivity contribution in [3.63, 3.8) is 0 Å². The quantitative estimate of drug-likeness (QED) is 0.582. The number of halogens is 1. The molecule has 1 fully saturated rings. The molecule has 1 unspecified atom stereocenters. The van der Waals surface area contributed by atoms with Crippen LogP contribution in [0.4, 0.5) is 10.1 Å². The molecule has 4 rings (SSSR count). The average Bonchev–Trinajstić information content (AvgIpc) is 3.44. The number of ether oxygens (including phenoxy) is 1. The van der Waals surface area contributed by atoms with E-state index in [-0.39, 0.29) is 30.2 Å². The van der Waals surface area contributed by atoms with Gasteiger partial charge < -0.3 is 15.4 Å². The number of carbonyl (C=O) groups is 2. The largest absolute Gasteiger partial charge is 0.376 e. The highest BCUT2D eigenvalue weighted by atomic mass is 32.1. The van der Waals surface area contributed by atoms with Gasteiger partial charge in [-0.1, -0.05) is 24.3 Å². The lowest BCUT2D eigenvalue weighted by Crippen LogP contribution is -2.32. The van der Waals surface area contributed by atoms with Crippen LogP contribution in [0.15, 0.2) is 53.9 Å². The van der Waals surface area contributed by atoms with Gasteiger partial charge in [-0.25, -0.2) is 9.37 Å². The van der Waals surface area contributed by atoms with Crippen LogP contribution in [0.3, 0.4) is 0 Å². The first-order chi connectivity index (χ1) is 15.1. The molecule has 0 spiro atoms. The van der Waals surface area contributed by atoms with Crippen LogP contribution in [-0.2, 0) is 16.0 Å². The first kappa shape index (κ1) is 21.1. The van der Waals surface area contributed by atoms with E-state index in [4.69, 9.17) is 4.74 Å². The Balaban J connectivity index is 1.38. The summed E-state index contributed by atoms with van der Waals surface area (Å²) in [5.74, 6) is -0.870. The van der Waals surface area contributed by atoms with Crippen LogP contribution >= 0.6 is 11.3 Å². The lowest BCUT2D eigenvalue weighted by atomic mass is 10.1. The van der Waals surface area contributed by atoms with Crippen LogP contribution in [0.5, 0.6) is 0 Å². The Morgan fingerprint density at radius 3 is 2.87 bits per heavy atom. The van der Waals surface area contributed by atoms with Gasteiger partial charge in [0.15, 0.2) is 0 Å². The van der Waals surface area contributed by atoms with E-state index in [0.29, 0.717) is 34.1 Å². The number of benzene rings is 2. The van der Waals surface area contributed by atoms with Crippen LogP contribution in [0, 0.1) is 5.82 Å². The van der Waals surface area contributed by atoms with Gasteiger partial charge in [0.1, 0.15) is 10.8 Å². The van der Waals surface area contributed by atoms with Gasteiger partial charge in [0.2, 0.25) is 5.91 Å². The van der Waals surface area contributed by atoms with E-state index in [0.717, 1.165) is 19.4 Å². The smallest absolute Gasteiger partial charge is 0.253 e. The number of anilines is 1. The summed E-state index contributed by atoms with van der Waals surface area (Å²) >= 11 is 1.35. The molecular weight excluding hydrogens is 417 g/mol. The van der Waals surface area contributed by atoms with Gasteiger partial charge in [-0.3, -0.25) is 9.59 Å². The van der Waals surface area contributed by atoms with Gasteiger partial charge in [0.25, 0.3) is 5.91 Å². The highest BCUT2D eigenvalue weighted by molar-refractivity contribution is 7.13. The predicted octanol–water partition coefficient (Wildman–Crippen LogP) is 4.04. The van der Waals surface area contributed by atoms with Crippen molar-refractivity contribution in [3.8, 4) is 10.6 Å². The molecule has 1 atom stereocenters. The van der Waals surface area contributed by atoms with Gasteiger partial charge in [-0.2, -0.15) is 0 Å². The molecule has 1 aliphatic rings.